The highest BCUT2D eigenvalue weighted by molar-refractivity contribution is 5.95. The highest BCUT2D eigenvalue weighted by atomic mass is 16.1. The van der Waals surface area contributed by atoms with Crippen LogP contribution in [0.4, 0.5) is 0 Å². The molecule has 2 N–H and O–H groups in total. The first-order valence-electron chi connectivity index (χ1n) is 9.26. The Hall–Kier alpha value is -3.48. The summed E-state index contributed by atoms with van der Waals surface area (Å²) in [6.07, 6.45) is 2.50. The van der Waals surface area contributed by atoms with Crippen LogP contribution in [0.1, 0.15) is 34.2 Å². The number of fused-ring (bicyclic) bond motifs is 1. The Kier molecular flexibility index (Phi) is 4.65. The summed E-state index contributed by atoms with van der Waals surface area (Å²) in [5.41, 5.74) is 4.72. The van der Waals surface area contributed by atoms with E-state index in [1.165, 1.54) is 0 Å². The van der Waals surface area contributed by atoms with Gasteiger partial charge in [-0.15, -0.1) is 0 Å². The fraction of sp³-hybridized carbons (Fsp3) is 0.238. The summed E-state index contributed by atoms with van der Waals surface area (Å²) < 4.78 is 1.81. The van der Waals surface area contributed by atoms with Gasteiger partial charge in [0.2, 0.25) is 0 Å². The van der Waals surface area contributed by atoms with Crippen LogP contribution >= 0.6 is 0 Å². The number of hydrogen-bond donors (Lipinski definition) is 2. The molecule has 0 aliphatic heterocycles. The summed E-state index contributed by atoms with van der Waals surface area (Å²) in [7, 11) is 1.90. The number of amides is 1. The summed E-state index contributed by atoms with van der Waals surface area (Å²) in [5.74, 6) is 1.48. The molecule has 0 fully saturated rings. The second-order valence-corrected chi connectivity index (χ2v) is 6.83. The minimum Gasteiger partial charge on any atom is -0.352 e. The van der Waals surface area contributed by atoms with Crippen molar-refractivity contribution < 1.29 is 4.79 Å². The van der Waals surface area contributed by atoms with Crippen molar-refractivity contribution >= 4 is 16.8 Å². The van der Waals surface area contributed by atoms with Gasteiger partial charge >= 0.3 is 0 Å². The molecule has 4 rings (SSSR count). The Morgan fingerprint density at radius 3 is 2.86 bits per heavy atom. The lowest BCUT2D eigenvalue weighted by molar-refractivity contribution is 0.0955. The molecular weight excluding hydrogens is 352 g/mol. The lowest BCUT2D eigenvalue weighted by Crippen LogP contribution is -2.22. The van der Waals surface area contributed by atoms with Crippen molar-refractivity contribution in [2.45, 2.75) is 20.3 Å². The van der Waals surface area contributed by atoms with E-state index in [2.05, 4.69) is 32.7 Å². The van der Waals surface area contributed by atoms with Crippen LogP contribution in [-0.4, -0.2) is 37.4 Å². The molecule has 2 aromatic heterocycles. The van der Waals surface area contributed by atoms with Crippen molar-refractivity contribution in [2.75, 3.05) is 6.54 Å². The van der Waals surface area contributed by atoms with Crippen LogP contribution in [-0.2, 0) is 13.5 Å². The van der Waals surface area contributed by atoms with Gasteiger partial charge < -0.3 is 5.32 Å². The van der Waals surface area contributed by atoms with Gasteiger partial charge in [0.05, 0.1) is 11.7 Å². The Morgan fingerprint density at radius 2 is 2.07 bits per heavy atom. The molecule has 0 aliphatic carbocycles. The van der Waals surface area contributed by atoms with Gasteiger partial charge in [-0.2, -0.15) is 10.2 Å². The number of H-pyrrole nitrogens is 1. The summed E-state index contributed by atoms with van der Waals surface area (Å²) in [6, 6.07) is 11.8. The highest BCUT2D eigenvalue weighted by Gasteiger charge is 2.14. The fourth-order valence-electron chi connectivity index (χ4n) is 3.29. The Balaban J connectivity index is 1.61. The topological polar surface area (TPSA) is 88.5 Å². The van der Waals surface area contributed by atoms with Crippen LogP contribution in [0, 0.1) is 6.92 Å². The van der Waals surface area contributed by atoms with Gasteiger partial charge in [-0.3, -0.25) is 14.6 Å². The number of aromatic nitrogens is 5. The summed E-state index contributed by atoms with van der Waals surface area (Å²) in [6.45, 7) is 4.49. The van der Waals surface area contributed by atoms with Crippen molar-refractivity contribution in [3.05, 3.63) is 65.1 Å². The van der Waals surface area contributed by atoms with Crippen LogP contribution in [0.25, 0.3) is 22.3 Å². The van der Waals surface area contributed by atoms with E-state index >= 15 is 0 Å². The first-order chi connectivity index (χ1) is 13.5. The van der Waals surface area contributed by atoms with Gasteiger partial charge in [0, 0.05) is 36.5 Å². The zero-order valence-corrected chi connectivity index (χ0v) is 16.2. The standard InChI is InChI=1S/C21H22N6O/c1-4-22-21(28)15-6-7-17(13(2)9-15)20-24-19(27(3)26-20)11-14-5-8-18-16(10-14)12-23-25-18/h5-10,12H,4,11H2,1-3H3,(H,22,28)(H,23,25). The number of nitrogens with one attached hydrogen (secondary N) is 2. The Labute approximate surface area is 162 Å². The molecule has 4 aromatic rings. The largest absolute Gasteiger partial charge is 0.352 e. The summed E-state index contributed by atoms with van der Waals surface area (Å²) in [5, 5.41) is 15.5. The Bertz CT molecular complexity index is 1160. The van der Waals surface area contributed by atoms with Crippen LogP contribution < -0.4 is 5.32 Å². The Morgan fingerprint density at radius 1 is 1.21 bits per heavy atom. The van der Waals surface area contributed by atoms with Crippen LogP contribution in [0.5, 0.6) is 0 Å². The lowest BCUT2D eigenvalue weighted by Gasteiger charge is -2.06. The third-order valence-electron chi connectivity index (χ3n) is 4.79. The number of carbonyl (C=O) groups excluding carboxylic acids is 1. The molecule has 2 heterocycles. The molecule has 1 amide bonds. The third-order valence-corrected chi connectivity index (χ3v) is 4.79. The van der Waals surface area contributed by atoms with Crippen molar-refractivity contribution in [3.63, 3.8) is 0 Å². The van der Waals surface area contributed by atoms with Gasteiger partial charge in [-0.25, -0.2) is 4.98 Å². The molecule has 2 aromatic carbocycles. The maximum Gasteiger partial charge on any atom is 0.251 e. The molecule has 0 saturated heterocycles. The monoisotopic (exact) mass is 374 g/mol. The average Bonchev–Trinajstić information content (AvgIpc) is 3.28. The molecule has 0 aliphatic rings. The molecular formula is C21H22N6O. The smallest absolute Gasteiger partial charge is 0.251 e. The first-order valence-corrected chi connectivity index (χ1v) is 9.26. The summed E-state index contributed by atoms with van der Waals surface area (Å²) in [4.78, 5) is 16.8. The van der Waals surface area contributed by atoms with E-state index in [4.69, 9.17) is 4.98 Å². The van der Waals surface area contributed by atoms with Gasteiger partial charge in [0.15, 0.2) is 5.82 Å². The number of aromatic amines is 1. The van der Waals surface area contributed by atoms with E-state index < -0.39 is 0 Å². The van der Waals surface area contributed by atoms with E-state index in [9.17, 15) is 4.79 Å². The van der Waals surface area contributed by atoms with Gasteiger partial charge in [-0.05, 0) is 49.2 Å². The van der Waals surface area contributed by atoms with E-state index in [1.807, 2.05) is 56.0 Å². The molecule has 0 unspecified atom stereocenters. The van der Waals surface area contributed by atoms with Gasteiger partial charge in [0.1, 0.15) is 5.82 Å². The summed E-state index contributed by atoms with van der Waals surface area (Å²) >= 11 is 0. The van der Waals surface area contributed by atoms with Crippen LogP contribution in [0.2, 0.25) is 0 Å². The van der Waals surface area contributed by atoms with E-state index in [0.717, 1.165) is 33.4 Å². The normalized spacial score (nSPS) is 11.1. The quantitative estimate of drug-likeness (QED) is 0.562. The minimum atomic E-state index is -0.0681. The number of carbonyl (C=O) groups is 1. The van der Waals surface area contributed by atoms with Crippen molar-refractivity contribution in [2.24, 2.45) is 7.05 Å². The molecule has 0 atom stereocenters. The van der Waals surface area contributed by atoms with E-state index in [0.29, 0.717) is 24.4 Å². The third kappa shape index (κ3) is 3.38. The average molecular weight is 374 g/mol. The molecule has 0 radical (unpaired) electrons. The maximum absolute atomic E-state index is 12.0. The predicted octanol–water partition coefficient (Wildman–Crippen LogP) is 3.01. The zero-order chi connectivity index (χ0) is 19.7. The van der Waals surface area contributed by atoms with Crippen LogP contribution in [0.15, 0.2) is 42.6 Å². The SMILES string of the molecule is CCNC(=O)c1ccc(-c2nc(Cc3ccc4[nH]ncc4c3)n(C)n2)c(C)c1. The number of hydrogen-bond acceptors (Lipinski definition) is 4. The molecule has 0 saturated carbocycles. The molecule has 0 bridgehead atoms. The minimum absolute atomic E-state index is 0.0681. The lowest BCUT2D eigenvalue weighted by atomic mass is 10.0. The van der Waals surface area contributed by atoms with Crippen molar-refractivity contribution in [3.8, 4) is 11.4 Å². The van der Waals surface area contributed by atoms with Gasteiger partial charge in [0.25, 0.3) is 5.91 Å². The van der Waals surface area contributed by atoms with E-state index in [-0.39, 0.29) is 5.91 Å². The molecule has 7 nitrogen and oxygen atoms in total. The molecule has 28 heavy (non-hydrogen) atoms. The predicted molar refractivity (Wildman–Crippen MR) is 108 cm³/mol. The fourth-order valence-corrected chi connectivity index (χ4v) is 3.29. The molecule has 0 spiro atoms. The van der Waals surface area contributed by atoms with Gasteiger partial charge in [-0.1, -0.05) is 12.1 Å². The number of benzene rings is 2. The molecule has 142 valence electrons. The number of nitrogens with zero attached hydrogens (tertiary/aromatic N) is 4. The number of rotatable bonds is 5. The zero-order valence-electron chi connectivity index (χ0n) is 16.2. The first kappa shape index (κ1) is 17.9. The van der Waals surface area contributed by atoms with Crippen LogP contribution in [0.3, 0.4) is 0 Å². The highest BCUT2D eigenvalue weighted by Crippen LogP contribution is 2.23. The second kappa shape index (κ2) is 7.26. The second-order valence-electron chi connectivity index (χ2n) is 6.83. The number of aryl methyl sites for hydroxylation is 2. The molecule has 7 heteroatoms. The van der Waals surface area contributed by atoms with Crippen molar-refractivity contribution in [1.29, 1.82) is 0 Å². The van der Waals surface area contributed by atoms with Crippen molar-refractivity contribution in [1.82, 2.24) is 30.3 Å². The van der Waals surface area contributed by atoms with E-state index in [1.54, 1.807) is 0 Å². The maximum atomic E-state index is 12.0.